The monoisotopic (exact) mass is 433 g/mol. The Bertz CT molecular complexity index is 1060. The molecule has 0 atom stereocenters. The normalized spacial score (nSPS) is 11.0. The Morgan fingerprint density at radius 1 is 1.32 bits per heavy atom. The van der Waals surface area contributed by atoms with Gasteiger partial charge in [-0.2, -0.15) is 0 Å². The summed E-state index contributed by atoms with van der Waals surface area (Å²) in [5, 5.41) is 11.3. The van der Waals surface area contributed by atoms with Crippen LogP contribution in [-0.4, -0.2) is 40.6 Å². The van der Waals surface area contributed by atoms with Crippen molar-refractivity contribution in [1.82, 2.24) is 9.55 Å². The van der Waals surface area contributed by atoms with Crippen molar-refractivity contribution in [2.24, 2.45) is 5.92 Å². The summed E-state index contributed by atoms with van der Waals surface area (Å²) in [5.74, 6) is -0.628. The summed E-state index contributed by atoms with van der Waals surface area (Å²) in [7, 11) is 1.50. The molecule has 0 saturated carbocycles. The molecule has 1 heterocycles. The fraction of sp³-hybridized carbons (Fsp3) is 0.450. The zero-order valence-corrected chi connectivity index (χ0v) is 17.8. The van der Waals surface area contributed by atoms with E-state index in [-0.39, 0.29) is 48.2 Å². The molecule has 11 heteroatoms. The number of para-hydroxylation sites is 1. The molecule has 0 aliphatic carbocycles. The van der Waals surface area contributed by atoms with Crippen LogP contribution >= 0.6 is 0 Å². The first-order chi connectivity index (χ1) is 14.7. The Morgan fingerprint density at radius 3 is 2.61 bits per heavy atom. The fourth-order valence-electron chi connectivity index (χ4n) is 3.21. The Hall–Kier alpha value is -3.47. The molecule has 0 aliphatic heterocycles. The molecular weight excluding hydrogens is 406 g/mol. The fourth-order valence-corrected chi connectivity index (χ4v) is 3.21. The van der Waals surface area contributed by atoms with Crippen molar-refractivity contribution in [2.45, 2.75) is 33.2 Å². The van der Waals surface area contributed by atoms with Crippen molar-refractivity contribution in [3.05, 3.63) is 60.8 Å². The first-order valence-electron chi connectivity index (χ1n) is 9.81. The standard InChI is InChI=1S/C20H27N5O6/c1-13(2)12-24-18(21)17(19(27)22-20(24)28)23(9-6-10-31-3)16(26)11-14-7-4-5-8-15(14)25(29)30/h4-5,7-8,13H,6,9-12,21H2,1-3H3,(H,22,27,28). The number of nitrogen functional groups attached to an aromatic ring is 1. The number of carbonyl (C=O) groups excluding carboxylic acids is 1. The van der Waals surface area contributed by atoms with E-state index in [2.05, 4.69) is 4.98 Å². The number of nitrogens with zero attached hydrogens (tertiary/aromatic N) is 3. The molecule has 0 fully saturated rings. The third-order valence-electron chi connectivity index (χ3n) is 4.59. The molecular formula is C20H27N5O6. The molecule has 0 unspecified atom stereocenters. The van der Waals surface area contributed by atoms with Gasteiger partial charge in [0.25, 0.3) is 11.2 Å². The predicted octanol–water partition coefficient (Wildman–Crippen LogP) is 1.30. The Morgan fingerprint density at radius 2 is 2.00 bits per heavy atom. The van der Waals surface area contributed by atoms with Gasteiger partial charge in [-0.3, -0.25) is 29.3 Å². The van der Waals surface area contributed by atoms with Gasteiger partial charge >= 0.3 is 5.69 Å². The second-order valence-electron chi connectivity index (χ2n) is 7.45. The van der Waals surface area contributed by atoms with Crippen LogP contribution in [-0.2, 0) is 22.5 Å². The average Bonchev–Trinajstić information content (AvgIpc) is 2.70. The van der Waals surface area contributed by atoms with Crippen LogP contribution in [0.5, 0.6) is 0 Å². The van der Waals surface area contributed by atoms with Crippen molar-refractivity contribution in [1.29, 1.82) is 0 Å². The number of aromatic nitrogens is 2. The minimum atomic E-state index is -0.796. The highest BCUT2D eigenvalue weighted by molar-refractivity contribution is 5.97. The van der Waals surface area contributed by atoms with E-state index in [4.69, 9.17) is 10.5 Å². The number of nitrogens with one attached hydrogen (secondary N) is 1. The third-order valence-corrected chi connectivity index (χ3v) is 4.59. The zero-order chi connectivity index (χ0) is 23.1. The van der Waals surface area contributed by atoms with E-state index in [0.29, 0.717) is 13.0 Å². The number of amides is 1. The van der Waals surface area contributed by atoms with Gasteiger partial charge in [0.15, 0.2) is 5.69 Å². The number of aromatic amines is 1. The largest absolute Gasteiger partial charge is 0.385 e. The van der Waals surface area contributed by atoms with E-state index >= 15 is 0 Å². The summed E-state index contributed by atoms with van der Waals surface area (Å²) in [4.78, 5) is 52.1. The molecule has 2 aromatic rings. The molecule has 3 N–H and O–H groups in total. The zero-order valence-electron chi connectivity index (χ0n) is 17.8. The van der Waals surface area contributed by atoms with Gasteiger partial charge in [-0.25, -0.2) is 4.79 Å². The number of methoxy groups -OCH3 is 1. The van der Waals surface area contributed by atoms with Crippen molar-refractivity contribution in [3.63, 3.8) is 0 Å². The van der Waals surface area contributed by atoms with Crippen LogP contribution in [0.1, 0.15) is 25.8 Å². The SMILES string of the molecule is COCCCN(C(=O)Cc1ccccc1[N+](=O)[O-])c1c(N)n(CC(C)C)c(=O)[nH]c1=O. The van der Waals surface area contributed by atoms with E-state index in [9.17, 15) is 24.5 Å². The number of anilines is 2. The predicted molar refractivity (Wildman–Crippen MR) is 116 cm³/mol. The second kappa shape index (κ2) is 10.5. The molecule has 1 amide bonds. The third kappa shape index (κ3) is 5.79. The van der Waals surface area contributed by atoms with Crippen LogP contribution < -0.4 is 21.9 Å². The number of nitrogens with two attached hydrogens (primary N) is 1. The molecule has 0 bridgehead atoms. The number of H-pyrrole nitrogens is 1. The van der Waals surface area contributed by atoms with Gasteiger partial charge in [-0.05, 0) is 12.3 Å². The number of nitro benzene ring substituents is 1. The van der Waals surface area contributed by atoms with E-state index in [1.54, 1.807) is 6.07 Å². The highest BCUT2D eigenvalue weighted by atomic mass is 16.6. The molecule has 11 nitrogen and oxygen atoms in total. The van der Waals surface area contributed by atoms with Gasteiger partial charge in [0.2, 0.25) is 5.91 Å². The molecule has 0 radical (unpaired) electrons. The van der Waals surface area contributed by atoms with Gasteiger partial charge in [-0.1, -0.05) is 32.0 Å². The molecule has 0 spiro atoms. The van der Waals surface area contributed by atoms with Crippen molar-refractivity contribution >= 4 is 23.1 Å². The molecule has 168 valence electrons. The number of ether oxygens (including phenoxy) is 1. The lowest BCUT2D eigenvalue weighted by atomic mass is 10.1. The Labute approximate surface area is 178 Å². The summed E-state index contributed by atoms with van der Waals surface area (Å²) in [5.41, 5.74) is 4.56. The summed E-state index contributed by atoms with van der Waals surface area (Å²) < 4.78 is 6.24. The van der Waals surface area contributed by atoms with E-state index in [1.807, 2.05) is 13.8 Å². The summed E-state index contributed by atoms with van der Waals surface area (Å²) >= 11 is 0. The first kappa shape index (κ1) is 23.8. The van der Waals surface area contributed by atoms with Crippen molar-refractivity contribution < 1.29 is 14.5 Å². The van der Waals surface area contributed by atoms with Crippen LogP contribution in [0, 0.1) is 16.0 Å². The Kier molecular flexibility index (Phi) is 8.08. The lowest BCUT2D eigenvalue weighted by molar-refractivity contribution is -0.385. The molecule has 0 aliphatic rings. The highest BCUT2D eigenvalue weighted by Crippen LogP contribution is 2.22. The van der Waals surface area contributed by atoms with E-state index in [0.717, 1.165) is 0 Å². The lowest BCUT2D eigenvalue weighted by Crippen LogP contribution is -2.42. The lowest BCUT2D eigenvalue weighted by Gasteiger charge is -2.25. The molecule has 0 saturated heterocycles. The maximum atomic E-state index is 13.2. The number of nitro groups is 1. The number of hydrogen-bond acceptors (Lipinski definition) is 7. The van der Waals surface area contributed by atoms with E-state index < -0.39 is 22.1 Å². The molecule has 1 aromatic carbocycles. The number of benzene rings is 1. The maximum absolute atomic E-state index is 13.2. The van der Waals surface area contributed by atoms with Crippen molar-refractivity contribution in [3.8, 4) is 0 Å². The van der Waals surface area contributed by atoms with Crippen LogP contribution in [0.15, 0.2) is 33.9 Å². The summed E-state index contributed by atoms with van der Waals surface area (Å²) in [6.07, 6.45) is 0.0770. The van der Waals surface area contributed by atoms with Crippen LogP contribution in [0.25, 0.3) is 0 Å². The van der Waals surface area contributed by atoms with Gasteiger partial charge in [0.1, 0.15) is 5.82 Å². The van der Waals surface area contributed by atoms with Gasteiger partial charge in [-0.15, -0.1) is 0 Å². The van der Waals surface area contributed by atoms with Crippen LogP contribution in [0.2, 0.25) is 0 Å². The molecule has 1 aromatic heterocycles. The van der Waals surface area contributed by atoms with E-state index in [1.165, 1.54) is 34.8 Å². The molecule has 31 heavy (non-hydrogen) atoms. The van der Waals surface area contributed by atoms with Crippen molar-refractivity contribution in [2.75, 3.05) is 30.9 Å². The quantitative estimate of drug-likeness (QED) is 0.325. The number of carbonyl (C=O) groups is 1. The number of rotatable bonds is 10. The number of hydrogen-bond donors (Lipinski definition) is 2. The minimum absolute atomic E-state index is 0.0587. The average molecular weight is 433 g/mol. The smallest absolute Gasteiger partial charge is 0.330 e. The first-order valence-corrected chi connectivity index (χ1v) is 9.81. The van der Waals surface area contributed by atoms with Crippen LogP contribution in [0.3, 0.4) is 0 Å². The minimum Gasteiger partial charge on any atom is -0.385 e. The van der Waals surface area contributed by atoms with Gasteiger partial charge in [0.05, 0.1) is 11.3 Å². The Balaban J connectivity index is 2.52. The highest BCUT2D eigenvalue weighted by Gasteiger charge is 2.26. The van der Waals surface area contributed by atoms with Gasteiger partial charge in [0, 0.05) is 38.4 Å². The topological polar surface area (TPSA) is 154 Å². The van der Waals surface area contributed by atoms with Gasteiger partial charge < -0.3 is 15.4 Å². The summed E-state index contributed by atoms with van der Waals surface area (Å²) in [6.45, 7) is 4.41. The second-order valence-corrected chi connectivity index (χ2v) is 7.45. The van der Waals surface area contributed by atoms with Crippen LogP contribution in [0.4, 0.5) is 17.2 Å². The summed E-state index contributed by atoms with van der Waals surface area (Å²) in [6, 6.07) is 5.89. The maximum Gasteiger partial charge on any atom is 0.330 e. The molecule has 2 rings (SSSR count).